The summed E-state index contributed by atoms with van der Waals surface area (Å²) < 4.78 is 25.9. The zero-order chi connectivity index (χ0) is 16.6. The molecule has 1 aliphatic rings. The summed E-state index contributed by atoms with van der Waals surface area (Å²) in [5.41, 5.74) is 3.26. The highest BCUT2D eigenvalue weighted by Crippen LogP contribution is 2.39. The van der Waals surface area contributed by atoms with Crippen molar-refractivity contribution in [3.63, 3.8) is 0 Å². The van der Waals surface area contributed by atoms with Gasteiger partial charge in [0.1, 0.15) is 0 Å². The fraction of sp³-hybridized carbons (Fsp3) is 0.235. The number of carbonyl (C=O) groups excluding carboxylic acids is 1. The van der Waals surface area contributed by atoms with Crippen molar-refractivity contribution in [1.29, 1.82) is 0 Å². The first-order valence-corrected chi connectivity index (χ1v) is 9.96. The topological polar surface area (TPSA) is 63.2 Å². The molecular weight excluding hydrogens is 330 g/mol. The van der Waals surface area contributed by atoms with E-state index in [1.807, 2.05) is 37.3 Å². The Morgan fingerprint density at radius 1 is 1.09 bits per heavy atom. The summed E-state index contributed by atoms with van der Waals surface area (Å²) in [6.45, 7) is 2.00. The summed E-state index contributed by atoms with van der Waals surface area (Å²) in [5.74, 6) is 0.123. The van der Waals surface area contributed by atoms with Gasteiger partial charge in [-0.2, -0.15) is 0 Å². The highest BCUT2D eigenvalue weighted by Gasteiger charge is 2.23. The van der Waals surface area contributed by atoms with Crippen LogP contribution >= 0.6 is 11.8 Å². The third-order valence-corrected chi connectivity index (χ3v) is 5.56. The summed E-state index contributed by atoms with van der Waals surface area (Å²) in [7, 11) is -3.38. The van der Waals surface area contributed by atoms with E-state index in [1.165, 1.54) is 11.8 Å². The van der Waals surface area contributed by atoms with Crippen LogP contribution in [-0.2, 0) is 16.4 Å². The summed E-state index contributed by atoms with van der Waals surface area (Å²) in [4.78, 5) is 13.8. The van der Waals surface area contributed by atoms with Crippen LogP contribution in [0.5, 0.6) is 0 Å². The molecule has 0 saturated heterocycles. The molecule has 0 saturated carbocycles. The quantitative estimate of drug-likeness (QED) is 0.917. The monoisotopic (exact) mass is 347 g/mol. The summed E-state index contributed by atoms with van der Waals surface area (Å²) >= 11 is 1.47. The van der Waals surface area contributed by atoms with E-state index in [-0.39, 0.29) is 5.78 Å². The van der Waals surface area contributed by atoms with Crippen LogP contribution in [0.2, 0.25) is 0 Å². The van der Waals surface area contributed by atoms with Crippen LogP contribution in [0.15, 0.2) is 46.2 Å². The van der Waals surface area contributed by atoms with E-state index in [0.29, 0.717) is 24.1 Å². The molecule has 1 N–H and O–H groups in total. The number of Topliss-reactive ketones (excluding diaryl/α,β-unsaturated/α-hetero) is 1. The van der Waals surface area contributed by atoms with Gasteiger partial charge in [0.15, 0.2) is 5.78 Å². The SMILES string of the molecule is Cc1ccccc1Sc1cc2c(cc1NS(C)(=O)=O)CCC2=O. The molecular formula is C17H17NO3S2. The lowest BCUT2D eigenvalue weighted by Gasteiger charge is -2.14. The Balaban J connectivity index is 2.08. The number of fused-ring (bicyclic) bond motifs is 1. The maximum Gasteiger partial charge on any atom is 0.229 e. The fourth-order valence-corrected chi connectivity index (χ4v) is 4.27. The Morgan fingerprint density at radius 2 is 1.83 bits per heavy atom. The van der Waals surface area contributed by atoms with Crippen molar-refractivity contribution in [2.24, 2.45) is 0 Å². The van der Waals surface area contributed by atoms with Crippen molar-refractivity contribution in [3.8, 4) is 0 Å². The molecule has 4 nitrogen and oxygen atoms in total. The van der Waals surface area contributed by atoms with Gasteiger partial charge in [-0.3, -0.25) is 9.52 Å². The lowest BCUT2D eigenvalue weighted by molar-refractivity contribution is 0.0994. The summed E-state index contributed by atoms with van der Waals surface area (Å²) in [6.07, 6.45) is 2.29. The third kappa shape index (κ3) is 3.59. The largest absolute Gasteiger partial charge is 0.294 e. The van der Waals surface area contributed by atoms with Gasteiger partial charge in [0.25, 0.3) is 0 Å². The number of hydrogen-bond acceptors (Lipinski definition) is 4. The minimum absolute atomic E-state index is 0.123. The fourth-order valence-electron chi connectivity index (χ4n) is 2.63. The zero-order valence-electron chi connectivity index (χ0n) is 12.9. The van der Waals surface area contributed by atoms with Crippen LogP contribution in [0, 0.1) is 6.92 Å². The number of sulfonamides is 1. The highest BCUT2D eigenvalue weighted by atomic mass is 32.2. The average Bonchev–Trinajstić information content (AvgIpc) is 2.81. The van der Waals surface area contributed by atoms with E-state index in [9.17, 15) is 13.2 Å². The van der Waals surface area contributed by atoms with E-state index in [0.717, 1.165) is 27.2 Å². The Hall–Kier alpha value is -1.79. The van der Waals surface area contributed by atoms with Gasteiger partial charge >= 0.3 is 0 Å². The average molecular weight is 347 g/mol. The Bertz CT molecular complexity index is 889. The second-order valence-electron chi connectivity index (χ2n) is 5.67. The van der Waals surface area contributed by atoms with Crippen molar-refractivity contribution in [3.05, 3.63) is 53.1 Å². The number of aryl methyl sites for hydroxylation is 2. The molecule has 0 amide bonds. The van der Waals surface area contributed by atoms with Crippen LogP contribution in [0.1, 0.15) is 27.9 Å². The van der Waals surface area contributed by atoms with Gasteiger partial charge in [-0.15, -0.1) is 0 Å². The lowest BCUT2D eigenvalue weighted by atomic mass is 10.1. The minimum Gasteiger partial charge on any atom is -0.294 e. The first-order valence-electron chi connectivity index (χ1n) is 7.25. The normalized spacial score (nSPS) is 13.9. The summed E-state index contributed by atoms with van der Waals surface area (Å²) in [6, 6.07) is 11.5. The van der Waals surface area contributed by atoms with Gasteiger partial charge in [-0.25, -0.2) is 8.42 Å². The number of rotatable bonds is 4. The number of anilines is 1. The second-order valence-corrected chi connectivity index (χ2v) is 8.50. The molecule has 0 atom stereocenters. The van der Waals surface area contributed by atoms with Gasteiger partial charge in [-0.1, -0.05) is 30.0 Å². The van der Waals surface area contributed by atoms with Crippen LogP contribution < -0.4 is 4.72 Å². The molecule has 0 radical (unpaired) electrons. The highest BCUT2D eigenvalue weighted by molar-refractivity contribution is 7.99. The molecule has 0 heterocycles. The second kappa shape index (κ2) is 6.02. The number of ketones is 1. The number of carbonyl (C=O) groups is 1. The predicted molar refractivity (Wildman–Crippen MR) is 92.9 cm³/mol. The predicted octanol–water partition coefficient (Wildman–Crippen LogP) is 3.65. The molecule has 3 rings (SSSR count). The smallest absolute Gasteiger partial charge is 0.229 e. The van der Waals surface area contributed by atoms with Crippen molar-refractivity contribution >= 4 is 33.3 Å². The Labute approximate surface area is 140 Å². The van der Waals surface area contributed by atoms with Gasteiger partial charge in [0.2, 0.25) is 10.0 Å². The molecule has 0 aliphatic heterocycles. The van der Waals surface area contributed by atoms with Gasteiger partial charge in [0.05, 0.1) is 11.9 Å². The van der Waals surface area contributed by atoms with E-state index >= 15 is 0 Å². The van der Waals surface area contributed by atoms with Crippen LogP contribution in [0.25, 0.3) is 0 Å². The Morgan fingerprint density at radius 3 is 2.52 bits per heavy atom. The molecule has 0 aromatic heterocycles. The molecule has 23 heavy (non-hydrogen) atoms. The van der Waals surface area contributed by atoms with Crippen molar-refractivity contribution in [2.45, 2.75) is 29.6 Å². The van der Waals surface area contributed by atoms with Gasteiger partial charge in [-0.05, 0) is 42.7 Å². The summed E-state index contributed by atoms with van der Waals surface area (Å²) in [5, 5.41) is 0. The minimum atomic E-state index is -3.38. The molecule has 1 aliphatic carbocycles. The first kappa shape index (κ1) is 16.1. The molecule has 0 unspecified atom stereocenters. The van der Waals surface area contributed by atoms with Crippen LogP contribution in [0.3, 0.4) is 0 Å². The zero-order valence-corrected chi connectivity index (χ0v) is 14.6. The number of hydrogen-bond donors (Lipinski definition) is 1. The van der Waals surface area contributed by atoms with Gasteiger partial charge < -0.3 is 0 Å². The van der Waals surface area contributed by atoms with Crippen LogP contribution in [-0.4, -0.2) is 20.5 Å². The van der Waals surface area contributed by atoms with E-state index in [1.54, 1.807) is 6.07 Å². The number of nitrogens with one attached hydrogen (secondary N) is 1. The lowest BCUT2D eigenvalue weighted by Crippen LogP contribution is -2.11. The van der Waals surface area contributed by atoms with E-state index in [4.69, 9.17) is 0 Å². The number of benzene rings is 2. The molecule has 2 aromatic carbocycles. The maximum atomic E-state index is 12.0. The molecule has 2 aromatic rings. The molecule has 0 bridgehead atoms. The van der Waals surface area contributed by atoms with Crippen molar-refractivity contribution < 1.29 is 13.2 Å². The third-order valence-electron chi connectivity index (χ3n) is 3.74. The van der Waals surface area contributed by atoms with E-state index in [2.05, 4.69) is 4.72 Å². The molecule has 6 heteroatoms. The van der Waals surface area contributed by atoms with Crippen molar-refractivity contribution in [2.75, 3.05) is 11.0 Å². The molecule has 0 spiro atoms. The standard InChI is InChI=1S/C17H17NO3S2/c1-11-5-3-4-6-16(11)22-17-10-13-12(7-8-15(13)19)9-14(17)18-23(2,20)21/h3-6,9-10,18H,7-8H2,1-2H3. The van der Waals surface area contributed by atoms with Crippen molar-refractivity contribution in [1.82, 2.24) is 0 Å². The first-order chi connectivity index (χ1) is 10.8. The van der Waals surface area contributed by atoms with Crippen LogP contribution in [0.4, 0.5) is 5.69 Å². The maximum absolute atomic E-state index is 12.0. The van der Waals surface area contributed by atoms with E-state index < -0.39 is 10.0 Å². The molecule has 0 fully saturated rings. The Kier molecular flexibility index (Phi) is 4.21. The molecule has 120 valence electrons. The van der Waals surface area contributed by atoms with Gasteiger partial charge in [0, 0.05) is 21.8 Å².